The molecule has 0 aromatic heterocycles. The fourth-order valence-corrected chi connectivity index (χ4v) is 4.26. The van der Waals surface area contributed by atoms with Gasteiger partial charge in [-0.15, -0.1) is 0 Å². The molecule has 3 rings (SSSR count). The average Bonchev–Trinajstić information content (AvgIpc) is 2.76. The van der Waals surface area contributed by atoms with E-state index in [0.29, 0.717) is 6.54 Å². The van der Waals surface area contributed by atoms with Gasteiger partial charge < -0.3 is 10.6 Å². The Labute approximate surface area is 177 Å². The molecule has 1 atom stereocenters. The van der Waals surface area contributed by atoms with Crippen LogP contribution in [0.5, 0.6) is 0 Å². The lowest BCUT2D eigenvalue weighted by Crippen LogP contribution is -2.51. The van der Waals surface area contributed by atoms with Gasteiger partial charge in [-0.25, -0.2) is 8.42 Å². The summed E-state index contributed by atoms with van der Waals surface area (Å²) in [5, 5.41) is 5.19. The second kappa shape index (κ2) is 10.6. The Bertz CT molecular complexity index is 987. The quantitative estimate of drug-likeness (QED) is 0.738. The van der Waals surface area contributed by atoms with Gasteiger partial charge in [0.25, 0.3) is 10.0 Å². The van der Waals surface area contributed by atoms with Gasteiger partial charge in [-0.2, -0.15) is 0 Å². The summed E-state index contributed by atoms with van der Waals surface area (Å²) in [6.07, 6.45) is 2.24. The number of sulfonamides is 1. The molecule has 2 amide bonds. The number of amides is 2. The lowest BCUT2D eigenvalue weighted by molar-refractivity contribution is -0.129. The van der Waals surface area contributed by atoms with Crippen molar-refractivity contribution >= 4 is 21.8 Å². The highest BCUT2D eigenvalue weighted by Gasteiger charge is 2.36. The van der Waals surface area contributed by atoms with Crippen molar-refractivity contribution in [2.45, 2.75) is 44.7 Å². The standard InChI is InChI=1S/C20H21N3O4S.C2H6/c1-15-7-9-17(10-8-15)28(26,27)23-12-11-21-20(25)18(23)13-19(24)22-14-16-5-3-2-4-6-16;1-2/h2-12,18H,13-14H2,1H3,(H,21,25)(H,22,24);1-2H3/t18-;/m1./s1. The minimum absolute atomic E-state index is 0.0622. The highest BCUT2D eigenvalue weighted by Crippen LogP contribution is 2.22. The first-order valence-electron chi connectivity index (χ1n) is 9.76. The van der Waals surface area contributed by atoms with Gasteiger partial charge in [0, 0.05) is 18.9 Å². The van der Waals surface area contributed by atoms with Crippen LogP contribution in [0.15, 0.2) is 71.9 Å². The van der Waals surface area contributed by atoms with Crippen molar-refractivity contribution < 1.29 is 18.0 Å². The lowest BCUT2D eigenvalue weighted by atomic mass is 10.1. The van der Waals surface area contributed by atoms with E-state index < -0.39 is 27.9 Å². The number of carbonyl (C=O) groups is 2. The zero-order chi connectivity index (χ0) is 22.1. The van der Waals surface area contributed by atoms with Crippen LogP contribution in [0.25, 0.3) is 0 Å². The van der Waals surface area contributed by atoms with Gasteiger partial charge in [0.15, 0.2) is 0 Å². The van der Waals surface area contributed by atoms with Gasteiger partial charge in [-0.3, -0.25) is 13.9 Å². The molecule has 160 valence electrons. The number of benzene rings is 2. The Balaban J connectivity index is 0.00000155. The van der Waals surface area contributed by atoms with Crippen LogP contribution in [0.2, 0.25) is 0 Å². The van der Waals surface area contributed by atoms with Gasteiger partial charge in [0.05, 0.1) is 11.3 Å². The molecule has 0 saturated carbocycles. The van der Waals surface area contributed by atoms with Crippen molar-refractivity contribution in [2.75, 3.05) is 0 Å². The van der Waals surface area contributed by atoms with Crippen LogP contribution in [0.1, 0.15) is 31.4 Å². The molecule has 0 bridgehead atoms. The van der Waals surface area contributed by atoms with E-state index in [2.05, 4.69) is 10.6 Å². The zero-order valence-electron chi connectivity index (χ0n) is 17.3. The second-order valence-corrected chi connectivity index (χ2v) is 8.30. The Hall–Kier alpha value is -3.13. The molecule has 0 fully saturated rings. The third kappa shape index (κ3) is 5.70. The summed E-state index contributed by atoms with van der Waals surface area (Å²) in [7, 11) is -3.97. The van der Waals surface area contributed by atoms with Crippen LogP contribution < -0.4 is 10.6 Å². The Kier molecular flexibility index (Phi) is 8.17. The Morgan fingerprint density at radius 1 is 1.07 bits per heavy atom. The van der Waals surface area contributed by atoms with Crippen molar-refractivity contribution in [1.82, 2.24) is 14.9 Å². The summed E-state index contributed by atoms with van der Waals surface area (Å²) in [6, 6.07) is 14.5. The van der Waals surface area contributed by atoms with E-state index in [9.17, 15) is 18.0 Å². The minimum atomic E-state index is -3.97. The predicted octanol–water partition coefficient (Wildman–Crippen LogP) is 2.69. The molecule has 8 heteroatoms. The number of aryl methyl sites for hydroxylation is 1. The summed E-state index contributed by atoms with van der Waals surface area (Å²) in [5.74, 6) is -0.962. The molecule has 2 N–H and O–H groups in total. The van der Waals surface area contributed by atoms with Crippen LogP contribution in [-0.4, -0.2) is 30.6 Å². The fourth-order valence-electron chi connectivity index (χ4n) is 2.82. The fraction of sp³-hybridized carbons (Fsp3) is 0.273. The number of nitrogens with one attached hydrogen (secondary N) is 2. The molecule has 0 spiro atoms. The highest BCUT2D eigenvalue weighted by molar-refractivity contribution is 7.89. The van der Waals surface area contributed by atoms with Crippen LogP contribution >= 0.6 is 0 Å². The van der Waals surface area contributed by atoms with Crippen molar-refractivity contribution in [3.63, 3.8) is 0 Å². The van der Waals surface area contributed by atoms with Gasteiger partial charge >= 0.3 is 0 Å². The van der Waals surface area contributed by atoms with Gasteiger partial charge in [0.2, 0.25) is 11.8 Å². The largest absolute Gasteiger partial charge is 0.352 e. The third-order valence-corrected chi connectivity index (χ3v) is 6.16. The van der Waals surface area contributed by atoms with E-state index in [0.717, 1.165) is 15.4 Å². The summed E-state index contributed by atoms with van der Waals surface area (Å²) in [4.78, 5) is 24.7. The third-order valence-electron chi connectivity index (χ3n) is 4.36. The maximum atomic E-state index is 13.0. The predicted molar refractivity (Wildman–Crippen MR) is 116 cm³/mol. The first-order chi connectivity index (χ1) is 14.4. The second-order valence-electron chi connectivity index (χ2n) is 6.45. The van der Waals surface area contributed by atoms with E-state index in [-0.39, 0.29) is 11.3 Å². The molecule has 0 unspecified atom stereocenters. The molecule has 0 aliphatic carbocycles. The number of rotatable bonds is 6. The maximum absolute atomic E-state index is 13.0. The number of hydrogen-bond acceptors (Lipinski definition) is 4. The summed E-state index contributed by atoms with van der Waals surface area (Å²) < 4.78 is 26.9. The first-order valence-corrected chi connectivity index (χ1v) is 11.2. The van der Waals surface area contributed by atoms with E-state index in [1.165, 1.54) is 24.5 Å². The normalized spacial score (nSPS) is 15.6. The molecule has 1 aliphatic heterocycles. The van der Waals surface area contributed by atoms with Crippen LogP contribution in [0.4, 0.5) is 0 Å². The molecular weight excluding hydrogens is 402 g/mol. The Morgan fingerprint density at radius 2 is 1.70 bits per heavy atom. The molecule has 2 aromatic carbocycles. The smallest absolute Gasteiger partial charge is 0.264 e. The summed E-state index contributed by atoms with van der Waals surface area (Å²) >= 11 is 0. The van der Waals surface area contributed by atoms with Crippen LogP contribution in [0.3, 0.4) is 0 Å². The van der Waals surface area contributed by atoms with E-state index in [4.69, 9.17) is 0 Å². The maximum Gasteiger partial charge on any atom is 0.264 e. The van der Waals surface area contributed by atoms with Crippen molar-refractivity contribution in [1.29, 1.82) is 0 Å². The Morgan fingerprint density at radius 3 is 2.33 bits per heavy atom. The molecule has 1 aliphatic rings. The van der Waals surface area contributed by atoms with E-state index >= 15 is 0 Å². The number of nitrogens with zero attached hydrogens (tertiary/aromatic N) is 1. The zero-order valence-corrected chi connectivity index (χ0v) is 18.1. The highest BCUT2D eigenvalue weighted by atomic mass is 32.2. The van der Waals surface area contributed by atoms with Crippen molar-refractivity contribution in [3.8, 4) is 0 Å². The van der Waals surface area contributed by atoms with Gasteiger partial charge in [0.1, 0.15) is 6.04 Å². The van der Waals surface area contributed by atoms with Crippen LogP contribution in [-0.2, 0) is 26.2 Å². The monoisotopic (exact) mass is 429 g/mol. The van der Waals surface area contributed by atoms with E-state index in [1.54, 1.807) is 12.1 Å². The van der Waals surface area contributed by atoms with Crippen molar-refractivity contribution in [2.24, 2.45) is 0 Å². The van der Waals surface area contributed by atoms with E-state index in [1.807, 2.05) is 51.1 Å². The molecule has 30 heavy (non-hydrogen) atoms. The summed E-state index contributed by atoms with van der Waals surface area (Å²) in [6.45, 7) is 6.15. The topological polar surface area (TPSA) is 95.6 Å². The summed E-state index contributed by atoms with van der Waals surface area (Å²) in [5.41, 5.74) is 1.83. The first kappa shape index (κ1) is 23.2. The molecular formula is C22H27N3O4S. The van der Waals surface area contributed by atoms with Crippen LogP contribution in [0, 0.1) is 6.92 Å². The van der Waals surface area contributed by atoms with Gasteiger partial charge in [-0.1, -0.05) is 61.9 Å². The molecule has 0 radical (unpaired) electrons. The lowest BCUT2D eigenvalue weighted by Gasteiger charge is -2.31. The molecule has 2 aromatic rings. The molecule has 7 nitrogen and oxygen atoms in total. The minimum Gasteiger partial charge on any atom is -0.352 e. The number of carbonyl (C=O) groups excluding carboxylic acids is 2. The average molecular weight is 430 g/mol. The molecule has 1 heterocycles. The SMILES string of the molecule is CC.Cc1ccc(S(=O)(=O)N2C=CNC(=O)[C@H]2CC(=O)NCc2ccccc2)cc1. The number of hydrogen-bond donors (Lipinski definition) is 2. The molecule has 0 saturated heterocycles. The van der Waals surface area contributed by atoms with Crippen molar-refractivity contribution in [3.05, 3.63) is 78.1 Å². The van der Waals surface area contributed by atoms with Gasteiger partial charge in [-0.05, 0) is 24.6 Å².